The minimum Gasteiger partial charge on any atom is -0.347 e. The van der Waals surface area contributed by atoms with Crippen molar-refractivity contribution >= 4 is 5.91 Å². The Morgan fingerprint density at radius 1 is 1.26 bits per heavy atom. The van der Waals surface area contributed by atoms with E-state index in [1.165, 1.54) is 17.3 Å². The average molecular weight is 255 g/mol. The lowest BCUT2D eigenvalue weighted by Gasteiger charge is -2.11. The molecule has 1 amide bonds. The van der Waals surface area contributed by atoms with Gasteiger partial charge in [0.25, 0.3) is 11.5 Å². The average Bonchev–Trinajstić information content (AvgIpc) is 2.81. The molecule has 0 fully saturated rings. The SMILES string of the molecule is O=C(NC1Cc2ccccc2C1)c1c[nH]c(=O)cn1. The van der Waals surface area contributed by atoms with Gasteiger partial charge >= 0.3 is 0 Å². The lowest BCUT2D eigenvalue weighted by Crippen LogP contribution is -2.36. The number of rotatable bonds is 2. The Bertz CT molecular complexity index is 633. The van der Waals surface area contributed by atoms with Crippen molar-refractivity contribution in [3.8, 4) is 0 Å². The molecule has 0 bridgehead atoms. The Labute approximate surface area is 109 Å². The normalized spacial score (nSPS) is 14.1. The monoisotopic (exact) mass is 255 g/mol. The van der Waals surface area contributed by atoms with Crippen molar-refractivity contribution in [2.24, 2.45) is 0 Å². The lowest BCUT2D eigenvalue weighted by atomic mass is 10.1. The summed E-state index contributed by atoms with van der Waals surface area (Å²) in [6.45, 7) is 0. The number of H-pyrrole nitrogens is 1. The van der Waals surface area contributed by atoms with Gasteiger partial charge < -0.3 is 10.3 Å². The molecule has 0 saturated carbocycles. The molecule has 1 aliphatic carbocycles. The van der Waals surface area contributed by atoms with E-state index in [4.69, 9.17) is 0 Å². The predicted molar refractivity (Wildman–Crippen MR) is 70.0 cm³/mol. The Hall–Kier alpha value is -2.43. The predicted octanol–water partition coefficient (Wildman–Crippen LogP) is 0.667. The second-order valence-corrected chi connectivity index (χ2v) is 4.64. The van der Waals surface area contributed by atoms with Crippen LogP contribution in [0.5, 0.6) is 0 Å². The van der Waals surface area contributed by atoms with E-state index in [1.807, 2.05) is 12.1 Å². The largest absolute Gasteiger partial charge is 0.347 e. The molecule has 1 aliphatic rings. The fourth-order valence-electron chi connectivity index (χ4n) is 2.39. The van der Waals surface area contributed by atoms with E-state index in [0.29, 0.717) is 0 Å². The van der Waals surface area contributed by atoms with Crippen molar-refractivity contribution in [2.45, 2.75) is 18.9 Å². The molecule has 0 unspecified atom stereocenters. The number of hydrogen-bond acceptors (Lipinski definition) is 3. The molecule has 2 aromatic rings. The molecule has 1 aromatic carbocycles. The summed E-state index contributed by atoms with van der Waals surface area (Å²) in [6.07, 6.45) is 4.12. The van der Waals surface area contributed by atoms with Gasteiger partial charge in [-0.3, -0.25) is 9.59 Å². The van der Waals surface area contributed by atoms with Gasteiger partial charge in [0, 0.05) is 12.2 Å². The van der Waals surface area contributed by atoms with E-state index in [0.717, 1.165) is 19.0 Å². The van der Waals surface area contributed by atoms with Crippen LogP contribution in [0, 0.1) is 0 Å². The summed E-state index contributed by atoms with van der Waals surface area (Å²) >= 11 is 0. The second kappa shape index (κ2) is 4.68. The van der Waals surface area contributed by atoms with Crippen LogP contribution in [0.3, 0.4) is 0 Å². The third-order valence-electron chi connectivity index (χ3n) is 3.29. The molecule has 0 aliphatic heterocycles. The van der Waals surface area contributed by atoms with Gasteiger partial charge in [0.05, 0.1) is 6.20 Å². The number of carbonyl (C=O) groups is 1. The molecule has 3 rings (SSSR count). The zero-order valence-corrected chi connectivity index (χ0v) is 10.2. The van der Waals surface area contributed by atoms with Crippen molar-refractivity contribution < 1.29 is 4.79 Å². The molecule has 0 atom stereocenters. The van der Waals surface area contributed by atoms with E-state index in [-0.39, 0.29) is 23.2 Å². The van der Waals surface area contributed by atoms with Crippen molar-refractivity contribution in [3.05, 3.63) is 63.8 Å². The van der Waals surface area contributed by atoms with E-state index < -0.39 is 0 Å². The molecular weight excluding hydrogens is 242 g/mol. The molecule has 1 aromatic heterocycles. The van der Waals surface area contributed by atoms with Crippen LogP contribution < -0.4 is 10.9 Å². The van der Waals surface area contributed by atoms with Gasteiger partial charge in [-0.2, -0.15) is 0 Å². The summed E-state index contributed by atoms with van der Waals surface area (Å²) in [4.78, 5) is 29.1. The summed E-state index contributed by atoms with van der Waals surface area (Å²) in [5.74, 6) is -0.256. The molecular formula is C14H13N3O2. The van der Waals surface area contributed by atoms with E-state index >= 15 is 0 Å². The number of nitrogens with one attached hydrogen (secondary N) is 2. The summed E-state index contributed by atoms with van der Waals surface area (Å²) < 4.78 is 0. The molecule has 0 radical (unpaired) electrons. The van der Waals surface area contributed by atoms with Gasteiger partial charge in [-0.15, -0.1) is 0 Å². The highest BCUT2D eigenvalue weighted by Gasteiger charge is 2.23. The molecule has 0 saturated heterocycles. The third-order valence-corrected chi connectivity index (χ3v) is 3.29. The molecule has 96 valence electrons. The van der Waals surface area contributed by atoms with Gasteiger partial charge in [-0.1, -0.05) is 24.3 Å². The minimum absolute atomic E-state index is 0.0960. The number of carbonyl (C=O) groups excluding carboxylic acids is 1. The quantitative estimate of drug-likeness (QED) is 0.828. The summed E-state index contributed by atoms with van der Waals surface area (Å²) in [5.41, 5.74) is 2.48. The number of hydrogen-bond donors (Lipinski definition) is 2. The molecule has 19 heavy (non-hydrogen) atoms. The van der Waals surface area contributed by atoms with Gasteiger partial charge in [0.15, 0.2) is 0 Å². The van der Waals surface area contributed by atoms with Crippen molar-refractivity contribution in [1.82, 2.24) is 15.3 Å². The summed E-state index contributed by atoms with van der Waals surface area (Å²) in [6, 6.07) is 8.28. The number of fused-ring (bicyclic) bond motifs is 1. The summed E-state index contributed by atoms with van der Waals surface area (Å²) in [5, 5.41) is 2.94. The van der Waals surface area contributed by atoms with Crippen LogP contribution in [0.1, 0.15) is 21.6 Å². The maximum absolute atomic E-state index is 12.0. The zero-order chi connectivity index (χ0) is 13.2. The molecule has 0 spiro atoms. The van der Waals surface area contributed by atoms with E-state index in [9.17, 15) is 9.59 Å². The Balaban J connectivity index is 1.69. The first kappa shape index (κ1) is 11.6. The van der Waals surface area contributed by atoms with Crippen LogP contribution in [-0.2, 0) is 12.8 Å². The van der Waals surface area contributed by atoms with Crippen LogP contribution in [0.4, 0.5) is 0 Å². The summed E-state index contributed by atoms with van der Waals surface area (Å²) in [7, 11) is 0. The highest BCUT2D eigenvalue weighted by Crippen LogP contribution is 2.21. The van der Waals surface area contributed by atoms with Crippen LogP contribution in [-0.4, -0.2) is 21.9 Å². The fraction of sp³-hybridized carbons (Fsp3) is 0.214. The third kappa shape index (κ3) is 2.40. The second-order valence-electron chi connectivity index (χ2n) is 4.64. The topological polar surface area (TPSA) is 74.8 Å². The number of aromatic amines is 1. The zero-order valence-electron chi connectivity index (χ0n) is 10.2. The molecule has 2 N–H and O–H groups in total. The first-order valence-corrected chi connectivity index (χ1v) is 6.15. The number of aromatic nitrogens is 2. The smallest absolute Gasteiger partial charge is 0.271 e. The molecule has 5 heteroatoms. The minimum atomic E-state index is -0.315. The number of nitrogens with zero attached hydrogens (tertiary/aromatic N) is 1. The first-order valence-electron chi connectivity index (χ1n) is 6.15. The van der Waals surface area contributed by atoms with Gasteiger partial charge in [0.2, 0.25) is 0 Å². The Morgan fingerprint density at radius 3 is 2.53 bits per heavy atom. The van der Waals surface area contributed by atoms with Crippen LogP contribution in [0.2, 0.25) is 0 Å². The van der Waals surface area contributed by atoms with Gasteiger partial charge in [-0.05, 0) is 24.0 Å². The van der Waals surface area contributed by atoms with Gasteiger partial charge in [0.1, 0.15) is 5.69 Å². The molecule has 1 heterocycles. The maximum atomic E-state index is 12.0. The fourth-order valence-corrected chi connectivity index (χ4v) is 2.39. The van der Waals surface area contributed by atoms with Crippen LogP contribution in [0.15, 0.2) is 41.5 Å². The Kier molecular flexibility index (Phi) is 2.87. The highest BCUT2D eigenvalue weighted by atomic mass is 16.2. The Morgan fingerprint density at radius 2 is 1.95 bits per heavy atom. The van der Waals surface area contributed by atoms with Crippen LogP contribution in [0.25, 0.3) is 0 Å². The van der Waals surface area contributed by atoms with E-state index in [2.05, 4.69) is 27.4 Å². The van der Waals surface area contributed by atoms with Crippen molar-refractivity contribution in [3.63, 3.8) is 0 Å². The number of benzene rings is 1. The van der Waals surface area contributed by atoms with Crippen molar-refractivity contribution in [1.29, 1.82) is 0 Å². The number of amides is 1. The van der Waals surface area contributed by atoms with Crippen LogP contribution >= 0.6 is 0 Å². The first-order chi connectivity index (χ1) is 9.22. The molecule has 5 nitrogen and oxygen atoms in total. The lowest BCUT2D eigenvalue weighted by molar-refractivity contribution is 0.0933. The maximum Gasteiger partial charge on any atom is 0.271 e. The standard InChI is InChI=1S/C14H13N3O2/c18-13-8-15-12(7-16-13)14(19)17-11-5-9-3-1-2-4-10(9)6-11/h1-4,7-8,11H,5-6H2,(H,16,18)(H,17,19). The van der Waals surface area contributed by atoms with Crippen molar-refractivity contribution in [2.75, 3.05) is 0 Å². The van der Waals surface area contributed by atoms with E-state index in [1.54, 1.807) is 0 Å². The van der Waals surface area contributed by atoms with Gasteiger partial charge in [-0.25, -0.2) is 4.98 Å². The highest BCUT2D eigenvalue weighted by molar-refractivity contribution is 5.92.